The number of rotatable bonds is 3. The van der Waals surface area contributed by atoms with E-state index >= 15 is 0 Å². The lowest BCUT2D eigenvalue weighted by Gasteiger charge is -1.98. The van der Waals surface area contributed by atoms with E-state index in [-0.39, 0.29) is 0 Å². The molecule has 0 unspecified atom stereocenters. The molecule has 4 heteroatoms. The summed E-state index contributed by atoms with van der Waals surface area (Å²) in [5, 5.41) is 11.1. The van der Waals surface area contributed by atoms with Crippen LogP contribution < -0.4 is 0 Å². The predicted molar refractivity (Wildman–Crippen MR) is 73.6 cm³/mol. The molecule has 2 rings (SSSR count). The molecule has 2 nitrogen and oxygen atoms in total. The van der Waals surface area contributed by atoms with Gasteiger partial charge in [0.15, 0.2) is 0 Å². The molecule has 0 aliphatic rings. The summed E-state index contributed by atoms with van der Waals surface area (Å²) in [5.41, 5.74) is 1.36. The first-order chi connectivity index (χ1) is 8.08. The average molecular weight is 264 g/mol. The lowest BCUT2D eigenvalue weighted by Crippen LogP contribution is -1.97. The molecule has 88 valence electrons. The maximum absolute atomic E-state index is 11.3. The van der Waals surface area contributed by atoms with E-state index in [1.807, 2.05) is 37.4 Å². The monoisotopic (exact) mass is 264 g/mol. The van der Waals surface area contributed by atoms with Gasteiger partial charge in [-0.25, -0.2) is 4.79 Å². The van der Waals surface area contributed by atoms with Gasteiger partial charge in [-0.2, -0.15) is 0 Å². The summed E-state index contributed by atoms with van der Waals surface area (Å²) in [7, 11) is 0. The Morgan fingerprint density at radius 3 is 2.65 bits per heavy atom. The molecule has 0 fully saturated rings. The van der Waals surface area contributed by atoms with Gasteiger partial charge in [-0.3, -0.25) is 0 Å². The fraction of sp³-hybridized carbons (Fsp3) is 0.154. The number of aliphatic carboxylic acids is 1. The third kappa shape index (κ3) is 2.65. The van der Waals surface area contributed by atoms with Gasteiger partial charge in [0.1, 0.15) is 0 Å². The minimum Gasteiger partial charge on any atom is -0.478 e. The molecule has 2 heterocycles. The Morgan fingerprint density at radius 1 is 1.41 bits per heavy atom. The topological polar surface area (TPSA) is 37.3 Å². The molecular weight excluding hydrogens is 252 g/mol. The molecule has 0 aliphatic heterocycles. The Morgan fingerprint density at radius 2 is 2.18 bits per heavy atom. The second kappa shape index (κ2) is 4.85. The fourth-order valence-corrected chi connectivity index (χ4v) is 3.26. The molecule has 0 amide bonds. The third-order valence-electron chi connectivity index (χ3n) is 2.40. The normalized spacial score (nSPS) is 11.8. The fourth-order valence-electron chi connectivity index (χ4n) is 1.62. The van der Waals surface area contributed by atoms with Crippen LogP contribution in [0.2, 0.25) is 0 Å². The summed E-state index contributed by atoms with van der Waals surface area (Å²) in [6, 6.07) is 5.72. The van der Waals surface area contributed by atoms with Gasteiger partial charge in [0.05, 0.1) is 5.57 Å². The van der Waals surface area contributed by atoms with Crippen molar-refractivity contribution in [2.75, 3.05) is 0 Å². The largest absolute Gasteiger partial charge is 0.478 e. The number of thiophene rings is 2. The van der Waals surface area contributed by atoms with Gasteiger partial charge in [0.2, 0.25) is 0 Å². The van der Waals surface area contributed by atoms with Crippen LogP contribution in [0.1, 0.15) is 20.2 Å². The van der Waals surface area contributed by atoms with Gasteiger partial charge in [-0.1, -0.05) is 6.07 Å². The molecule has 17 heavy (non-hydrogen) atoms. The van der Waals surface area contributed by atoms with Crippen molar-refractivity contribution in [3.63, 3.8) is 0 Å². The Bertz CT molecular complexity index is 562. The first-order valence-corrected chi connectivity index (χ1v) is 6.83. The Balaban J connectivity index is 2.47. The average Bonchev–Trinajstić information content (AvgIpc) is 2.84. The van der Waals surface area contributed by atoms with Crippen molar-refractivity contribution in [1.82, 2.24) is 0 Å². The van der Waals surface area contributed by atoms with E-state index in [0.717, 1.165) is 15.3 Å². The van der Waals surface area contributed by atoms with Crippen molar-refractivity contribution < 1.29 is 9.90 Å². The van der Waals surface area contributed by atoms with E-state index < -0.39 is 5.97 Å². The van der Waals surface area contributed by atoms with Crippen molar-refractivity contribution >= 4 is 40.3 Å². The summed E-state index contributed by atoms with van der Waals surface area (Å²) < 4.78 is 0. The minimum absolute atomic E-state index is 0.362. The zero-order chi connectivity index (χ0) is 12.4. The highest BCUT2D eigenvalue weighted by Crippen LogP contribution is 2.27. The van der Waals surface area contributed by atoms with Crippen LogP contribution in [0.25, 0.3) is 11.6 Å². The predicted octanol–water partition coefficient (Wildman–Crippen LogP) is 4.05. The van der Waals surface area contributed by atoms with Gasteiger partial charge in [-0.15, -0.1) is 22.7 Å². The Kier molecular flexibility index (Phi) is 3.45. The van der Waals surface area contributed by atoms with Crippen molar-refractivity contribution in [3.8, 4) is 0 Å². The van der Waals surface area contributed by atoms with E-state index in [4.69, 9.17) is 0 Å². The molecular formula is C13H12O2S2. The number of carbonyl (C=O) groups is 1. The van der Waals surface area contributed by atoms with Crippen LogP contribution in [0.15, 0.2) is 23.6 Å². The van der Waals surface area contributed by atoms with E-state index in [1.54, 1.807) is 17.4 Å². The van der Waals surface area contributed by atoms with E-state index in [0.29, 0.717) is 5.57 Å². The summed E-state index contributed by atoms with van der Waals surface area (Å²) in [6.45, 7) is 4.04. The van der Waals surface area contributed by atoms with Crippen LogP contribution in [-0.2, 0) is 4.79 Å². The molecule has 0 spiro atoms. The van der Waals surface area contributed by atoms with Gasteiger partial charge >= 0.3 is 5.97 Å². The summed E-state index contributed by atoms with van der Waals surface area (Å²) in [4.78, 5) is 14.4. The molecule has 0 saturated heterocycles. The number of carboxylic acids is 1. The lowest BCUT2D eigenvalue weighted by molar-refractivity contribution is -0.130. The highest BCUT2D eigenvalue weighted by atomic mass is 32.1. The molecule has 0 atom stereocenters. The molecule has 1 N–H and O–H groups in total. The molecule has 0 aromatic carbocycles. The second-order valence-electron chi connectivity index (χ2n) is 3.71. The van der Waals surface area contributed by atoms with Crippen LogP contribution >= 0.6 is 22.7 Å². The first kappa shape index (κ1) is 12.1. The molecule has 0 bridgehead atoms. The number of aryl methyl sites for hydroxylation is 2. The van der Waals surface area contributed by atoms with Crippen LogP contribution in [0.4, 0.5) is 0 Å². The van der Waals surface area contributed by atoms with E-state index in [2.05, 4.69) is 0 Å². The zero-order valence-electron chi connectivity index (χ0n) is 9.56. The van der Waals surface area contributed by atoms with Crippen LogP contribution in [-0.4, -0.2) is 11.1 Å². The van der Waals surface area contributed by atoms with Gasteiger partial charge in [-0.05, 0) is 43.0 Å². The summed E-state index contributed by atoms with van der Waals surface area (Å²) in [5.74, 6) is -0.879. The Labute approximate surface area is 108 Å². The Hall–Kier alpha value is -1.39. The lowest BCUT2D eigenvalue weighted by atomic mass is 10.1. The van der Waals surface area contributed by atoms with Crippen molar-refractivity contribution in [1.29, 1.82) is 0 Å². The van der Waals surface area contributed by atoms with Crippen molar-refractivity contribution in [3.05, 3.63) is 43.8 Å². The second-order valence-corrected chi connectivity index (χ2v) is 6.12. The molecule has 0 radical (unpaired) electrons. The smallest absolute Gasteiger partial charge is 0.337 e. The van der Waals surface area contributed by atoms with Gasteiger partial charge in [0, 0.05) is 14.6 Å². The SMILES string of the molecule is Cc1cc(/C=C(/C(=O)O)c2cccs2)c(C)s1. The maximum atomic E-state index is 11.3. The van der Waals surface area contributed by atoms with Crippen molar-refractivity contribution in [2.45, 2.75) is 13.8 Å². The molecule has 0 aliphatic carbocycles. The highest BCUT2D eigenvalue weighted by molar-refractivity contribution is 7.12. The minimum atomic E-state index is -0.879. The van der Waals surface area contributed by atoms with Crippen LogP contribution in [0.3, 0.4) is 0 Å². The summed E-state index contributed by atoms with van der Waals surface area (Å²) in [6.07, 6.45) is 1.76. The quantitative estimate of drug-likeness (QED) is 0.849. The number of hydrogen-bond acceptors (Lipinski definition) is 3. The molecule has 0 saturated carbocycles. The van der Waals surface area contributed by atoms with Crippen LogP contribution in [0, 0.1) is 13.8 Å². The number of hydrogen-bond donors (Lipinski definition) is 1. The highest BCUT2D eigenvalue weighted by Gasteiger charge is 2.12. The maximum Gasteiger partial charge on any atom is 0.337 e. The van der Waals surface area contributed by atoms with E-state index in [1.165, 1.54) is 16.2 Å². The zero-order valence-corrected chi connectivity index (χ0v) is 11.2. The van der Waals surface area contributed by atoms with E-state index in [9.17, 15) is 9.90 Å². The van der Waals surface area contributed by atoms with Crippen molar-refractivity contribution in [2.24, 2.45) is 0 Å². The van der Waals surface area contributed by atoms with Gasteiger partial charge < -0.3 is 5.11 Å². The first-order valence-electron chi connectivity index (χ1n) is 5.14. The number of carboxylic acid groups (broad SMARTS) is 1. The summed E-state index contributed by atoms with van der Waals surface area (Å²) >= 11 is 3.13. The van der Waals surface area contributed by atoms with Gasteiger partial charge in [0.25, 0.3) is 0 Å². The third-order valence-corrected chi connectivity index (χ3v) is 4.28. The molecule has 2 aromatic heterocycles. The standard InChI is InChI=1S/C13H12O2S2/c1-8-6-10(9(2)17-8)7-11(13(14)15)12-4-3-5-16-12/h3-7H,1-2H3,(H,14,15)/b11-7+. The molecule has 2 aromatic rings. The van der Waals surface area contributed by atoms with Crippen LogP contribution in [0.5, 0.6) is 0 Å².